The zero-order valence-corrected chi connectivity index (χ0v) is 13.5. The lowest BCUT2D eigenvalue weighted by molar-refractivity contribution is 0.439. The topological polar surface area (TPSA) is 52.0 Å². The summed E-state index contributed by atoms with van der Waals surface area (Å²) in [6, 6.07) is 12.3. The van der Waals surface area contributed by atoms with Gasteiger partial charge in [0.25, 0.3) is 0 Å². The maximum Gasteiger partial charge on any atom is 0.230 e. The second-order valence-corrected chi connectivity index (χ2v) is 5.92. The van der Waals surface area contributed by atoms with Crippen molar-refractivity contribution in [3.05, 3.63) is 56.9 Å². The zero-order chi connectivity index (χ0) is 15.0. The number of nitrogens with two attached hydrogens (primary N) is 1. The highest BCUT2D eigenvalue weighted by Gasteiger charge is 2.22. The van der Waals surface area contributed by atoms with E-state index in [0.717, 1.165) is 9.13 Å². The molecule has 1 heterocycles. The van der Waals surface area contributed by atoms with E-state index >= 15 is 0 Å². The molecule has 3 nitrogen and oxygen atoms in total. The van der Waals surface area contributed by atoms with Crippen LogP contribution >= 0.6 is 34.2 Å². The van der Waals surface area contributed by atoms with E-state index in [0.29, 0.717) is 11.3 Å². The van der Waals surface area contributed by atoms with Crippen LogP contribution in [0.5, 0.6) is 0 Å². The highest BCUT2D eigenvalue weighted by Crippen LogP contribution is 2.40. The van der Waals surface area contributed by atoms with E-state index in [-0.39, 0.29) is 16.5 Å². The van der Waals surface area contributed by atoms with Crippen LogP contribution in [0.2, 0.25) is 5.02 Å². The lowest BCUT2D eigenvalue weighted by Gasteiger charge is -2.06. The third-order valence-corrected chi connectivity index (χ3v) is 4.30. The SMILES string of the molecule is Nc1onc(-c2ccccc2I)c1-c1cccc(Cl)c1F. The third kappa shape index (κ3) is 2.51. The minimum Gasteiger partial charge on any atom is -0.367 e. The molecule has 0 saturated heterocycles. The minimum atomic E-state index is -0.541. The first-order valence-electron chi connectivity index (χ1n) is 6.04. The van der Waals surface area contributed by atoms with E-state index in [1.165, 1.54) is 6.07 Å². The number of anilines is 1. The number of aromatic nitrogens is 1. The van der Waals surface area contributed by atoms with Crippen molar-refractivity contribution in [1.82, 2.24) is 5.16 Å². The molecule has 0 radical (unpaired) electrons. The van der Waals surface area contributed by atoms with E-state index in [9.17, 15) is 4.39 Å². The van der Waals surface area contributed by atoms with Gasteiger partial charge in [0, 0.05) is 14.7 Å². The molecule has 0 unspecified atom stereocenters. The lowest BCUT2D eigenvalue weighted by atomic mass is 10.0. The summed E-state index contributed by atoms with van der Waals surface area (Å²) in [6.45, 7) is 0. The Morgan fingerprint density at radius 2 is 1.81 bits per heavy atom. The number of hydrogen-bond donors (Lipinski definition) is 1. The van der Waals surface area contributed by atoms with Gasteiger partial charge < -0.3 is 10.3 Å². The number of nitrogen functional groups attached to an aromatic ring is 1. The van der Waals surface area contributed by atoms with Crippen molar-refractivity contribution in [3.8, 4) is 22.4 Å². The molecular formula is C15H9ClFIN2O. The van der Waals surface area contributed by atoms with Gasteiger partial charge in [0.2, 0.25) is 5.88 Å². The van der Waals surface area contributed by atoms with Crippen molar-refractivity contribution in [2.24, 2.45) is 0 Å². The third-order valence-electron chi connectivity index (χ3n) is 3.07. The Labute approximate surface area is 139 Å². The Morgan fingerprint density at radius 1 is 1.10 bits per heavy atom. The molecule has 0 fully saturated rings. The van der Waals surface area contributed by atoms with E-state index in [1.807, 2.05) is 24.3 Å². The first-order chi connectivity index (χ1) is 10.1. The van der Waals surface area contributed by atoms with Crippen LogP contribution in [0.1, 0.15) is 0 Å². The Kier molecular flexibility index (Phi) is 3.86. The molecule has 2 aromatic carbocycles. The fourth-order valence-electron chi connectivity index (χ4n) is 2.10. The molecule has 106 valence electrons. The van der Waals surface area contributed by atoms with Crippen molar-refractivity contribution in [2.45, 2.75) is 0 Å². The molecule has 21 heavy (non-hydrogen) atoms. The van der Waals surface area contributed by atoms with Crippen LogP contribution < -0.4 is 5.73 Å². The molecule has 0 bridgehead atoms. The number of hydrogen-bond acceptors (Lipinski definition) is 3. The van der Waals surface area contributed by atoms with Gasteiger partial charge in [-0.25, -0.2) is 4.39 Å². The van der Waals surface area contributed by atoms with Gasteiger partial charge in [-0.15, -0.1) is 0 Å². The molecule has 1 aromatic heterocycles. The minimum absolute atomic E-state index is 0.0295. The van der Waals surface area contributed by atoms with Crippen LogP contribution in [0, 0.1) is 9.39 Å². The highest BCUT2D eigenvalue weighted by molar-refractivity contribution is 14.1. The number of halogens is 3. The highest BCUT2D eigenvalue weighted by atomic mass is 127. The molecule has 0 aliphatic heterocycles. The van der Waals surface area contributed by atoms with Gasteiger partial charge in [-0.2, -0.15) is 0 Å². The van der Waals surface area contributed by atoms with Crippen LogP contribution in [-0.2, 0) is 0 Å². The second-order valence-electron chi connectivity index (χ2n) is 4.35. The van der Waals surface area contributed by atoms with Crippen LogP contribution in [0.25, 0.3) is 22.4 Å². The zero-order valence-electron chi connectivity index (χ0n) is 10.6. The summed E-state index contributed by atoms with van der Waals surface area (Å²) in [5.74, 6) is -0.480. The number of nitrogens with zero attached hydrogens (tertiary/aromatic N) is 1. The Morgan fingerprint density at radius 3 is 2.57 bits per heavy atom. The average Bonchev–Trinajstić information content (AvgIpc) is 2.84. The fraction of sp³-hybridized carbons (Fsp3) is 0. The van der Waals surface area contributed by atoms with E-state index in [2.05, 4.69) is 27.7 Å². The van der Waals surface area contributed by atoms with Gasteiger partial charge in [0.05, 0.1) is 10.6 Å². The summed E-state index contributed by atoms with van der Waals surface area (Å²) in [5, 5.41) is 4.01. The largest absolute Gasteiger partial charge is 0.367 e. The molecule has 0 aliphatic rings. The Hall–Kier alpha value is -1.60. The summed E-state index contributed by atoms with van der Waals surface area (Å²) in [6.07, 6.45) is 0. The van der Waals surface area contributed by atoms with Gasteiger partial charge in [-0.1, -0.05) is 47.1 Å². The Balaban J connectivity index is 2.28. The maximum atomic E-state index is 14.3. The van der Waals surface area contributed by atoms with Crippen molar-refractivity contribution in [1.29, 1.82) is 0 Å². The van der Waals surface area contributed by atoms with Gasteiger partial charge in [-0.3, -0.25) is 0 Å². The molecule has 0 saturated carbocycles. The summed E-state index contributed by atoms with van der Waals surface area (Å²) in [4.78, 5) is 0. The molecular weight excluding hydrogens is 406 g/mol. The molecule has 6 heteroatoms. The van der Waals surface area contributed by atoms with Crippen molar-refractivity contribution in [3.63, 3.8) is 0 Å². The first kappa shape index (κ1) is 14.3. The maximum absolute atomic E-state index is 14.3. The standard InChI is InChI=1S/C15H9ClFIN2O/c16-10-6-3-5-9(13(10)17)12-14(20-21-15(12)19)8-4-1-2-7-11(8)18/h1-7H,19H2. The molecule has 0 amide bonds. The van der Waals surface area contributed by atoms with Crippen molar-refractivity contribution < 1.29 is 8.91 Å². The van der Waals surface area contributed by atoms with Crippen LogP contribution in [0.15, 0.2) is 47.0 Å². The molecule has 0 atom stereocenters. The van der Waals surface area contributed by atoms with E-state index in [1.54, 1.807) is 12.1 Å². The van der Waals surface area contributed by atoms with Gasteiger partial charge in [0.15, 0.2) is 0 Å². The van der Waals surface area contributed by atoms with Crippen LogP contribution in [0.3, 0.4) is 0 Å². The molecule has 0 spiro atoms. The van der Waals surface area contributed by atoms with Crippen molar-refractivity contribution >= 4 is 40.1 Å². The van der Waals surface area contributed by atoms with Crippen LogP contribution in [0.4, 0.5) is 10.3 Å². The Bertz CT molecular complexity index is 819. The normalized spacial score (nSPS) is 10.8. The summed E-state index contributed by atoms with van der Waals surface area (Å²) < 4.78 is 20.3. The average molecular weight is 415 g/mol. The van der Waals surface area contributed by atoms with Gasteiger partial charge in [-0.05, 0) is 34.7 Å². The first-order valence-corrected chi connectivity index (χ1v) is 7.49. The number of rotatable bonds is 2. The second kappa shape index (κ2) is 5.65. The predicted octanol–water partition coefficient (Wildman–Crippen LogP) is 4.99. The molecule has 2 N–H and O–H groups in total. The smallest absolute Gasteiger partial charge is 0.230 e. The summed E-state index contributed by atoms with van der Waals surface area (Å²) in [5.41, 5.74) is 7.85. The summed E-state index contributed by atoms with van der Waals surface area (Å²) in [7, 11) is 0. The van der Waals surface area contributed by atoms with Crippen molar-refractivity contribution in [2.75, 3.05) is 5.73 Å². The quantitative estimate of drug-likeness (QED) is 0.601. The lowest BCUT2D eigenvalue weighted by Crippen LogP contribution is -1.92. The monoisotopic (exact) mass is 414 g/mol. The fourth-order valence-corrected chi connectivity index (χ4v) is 2.91. The van der Waals surface area contributed by atoms with Gasteiger partial charge >= 0.3 is 0 Å². The molecule has 3 aromatic rings. The molecule has 3 rings (SSSR count). The van der Waals surface area contributed by atoms with E-state index in [4.69, 9.17) is 21.9 Å². The summed E-state index contributed by atoms with van der Waals surface area (Å²) >= 11 is 8.03. The molecule has 0 aliphatic carbocycles. The van der Waals surface area contributed by atoms with Gasteiger partial charge in [0.1, 0.15) is 11.5 Å². The number of benzene rings is 2. The van der Waals surface area contributed by atoms with Crippen LogP contribution in [-0.4, -0.2) is 5.16 Å². The van der Waals surface area contributed by atoms with E-state index < -0.39 is 5.82 Å². The predicted molar refractivity (Wildman–Crippen MR) is 89.5 cm³/mol.